The predicted molar refractivity (Wildman–Crippen MR) is 89.3 cm³/mol. The lowest BCUT2D eigenvalue weighted by Gasteiger charge is -2.22. The maximum atomic E-state index is 12.2. The first kappa shape index (κ1) is 16.2. The van der Waals surface area contributed by atoms with Crippen LogP contribution >= 0.6 is 0 Å². The maximum Gasteiger partial charge on any atom is 0.270 e. The number of anilines is 1. The van der Waals surface area contributed by atoms with Crippen molar-refractivity contribution in [3.63, 3.8) is 0 Å². The quantitative estimate of drug-likeness (QED) is 0.874. The topological polar surface area (TPSA) is 88.2 Å². The van der Waals surface area contributed by atoms with Gasteiger partial charge in [0.15, 0.2) is 9.84 Å². The van der Waals surface area contributed by atoms with Crippen LogP contribution in [0.5, 0.6) is 0 Å². The molecule has 0 radical (unpaired) electrons. The number of hydrogen-bond acceptors (Lipinski definition) is 5. The number of hydrogen-bond donors (Lipinski definition) is 2. The first-order valence-electron chi connectivity index (χ1n) is 8.26. The Kier molecular flexibility index (Phi) is 4.84. The average Bonchev–Trinajstić information content (AvgIpc) is 2.88. The number of nitrogens with zero attached hydrogens (tertiary/aromatic N) is 1. The number of sulfone groups is 1. The number of rotatable bonds is 4. The molecular formula is C16H23N3O3S. The fraction of sp³-hybridized carbons (Fsp3) is 0.625. The molecule has 7 heteroatoms. The molecule has 126 valence electrons. The Labute approximate surface area is 137 Å². The Morgan fingerprint density at radius 3 is 2.48 bits per heavy atom. The van der Waals surface area contributed by atoms with Crippen LogP contribution < -0.4 is 10.6 Å². The van der Waals surface area contributed by atoms with Gasteiger partial charge in [0.05, 0.1) is 23.4 Å². The van der Waals surface area contributed by atoms with Crippen LogP contribution in [0.3, 0.4) is 0 Å². The molecule has 6 nitrogen and oxygen atoms in total. The molecule has 1 saturated carbocycles. The molecule has 3 rings (SSSR count). The van der Waals surface area contributed by atoms with Crippen molar-refractivity contribution < 1.29 is 13.2 Å². The largest absolute Gasteiger partial charge is 0.380 e. The third-order valence-electron chi connectivity index (χ3n) is 4.54. The van der Waals surface area contributed by atoms with Crippen LogP contribution in [0.25, 0.3) is 0 Å². The summed E-state index contributed by atoms with van der Waals surface area (Å²) in [4.78, 5) is 16.4. The van der Waals surface area contributed by atoms with Gasteiger partial charge < -0.3 is 10.6 Å². The number of amides is 1. The summed E-state index contributed by atoms with van der Waals surface area (Å²) in [5, 5.41) is 6.21. The fourth-order valence-electron chi connectivity index (χ4n) is 3.26. The van der Waals surface area contributed by atoms with Crippen molar-refractivity contribution in [2.75, 3.05) is 16.8 Å². The van der Waals surface area contributed by atoms with Crippen LogP contribution in [-0.4, -0.2) is 42.9 Å². The molecule has 2 aliphatic rings. The van der Waals surface area contributed by atoms with Gasteiger partial charge in [0.2, 0.25) is 0 Å². The van der Waals surface area contributed by atoms with E-state index in [2.05, 4.69) is 15.6 Å². The van der Waals surface area contributed by atoms with Gasteiger partial charge in [-0.3, -0.25) is 4.79 Å². The normalized spacial score (nSPS) is 24.3. The van der Waals surface area contributed by atoms with Gasteiger partial charge in [-0.15, -0.1) is 0 Å². The van der Waals surface area contributed by atoms with Crippen molar-refractivity contribution in [3.8, 4) is 0 Å². The highest BCUT2D eigenvalue weighted by molar-refractivity contribution is 7.91. The Balaban J connectivity index is 1.55. The molecule has 2 heterocycles. The van der Waals surface area contributed by atoms with E-state index in [1.807, 2.05) is 0 Å². The van der Waals surface area contributed by atoms with Gasteiger partial charge in [0.1, 0.15) is 5.69 Å². The van der Waals surface area contributed by atoms with Crippen LogP contribution in [0.2, 0.25) is 0 Å². The minimum atomic E-state index is -2.90. The summed E-state index contributed by atoms with van der Waals surface area (Å²) < 4.78 is 22.9. The number of aromatic nitrogens is 1. The molecular weight excluding hydrogens is 314 g/mol. The fourth-order valence-corrected chi connectivity index (χ4v) is 4.94. The second kappa shape index (κ2) is 6.86. The second-order valence-electron chi connectivity index (χ2n) is 6.48. The number of carbonyl (C=O) groups excluding carboxylic acids is 1. The first-order valence-corrected chi connectivity index (χ1v) is 10.1. The van der Waals surface area contributed by atoms with Crippen molar-refractivity contribution >= 4 is 21.4 Å². The van der Waals surface area contributed by atoms with Crippen LogP contribution in [-0.2, 0) is 9.84 Å². The van der Waals surface area contributed by atoms with Gasteiger partial charge in [-0.25, -0.2) is 13.4 Å². The third-order valence-corrected chi connectivity index (χ3v) is 6.31. The van der Waals surface area contributed by atoms with E-state index in [9.17, 15) is 13.2 Å². The van der Waals surface area contributed by atoms with Gasteiger partial charge in [-0.1, -0.05) is 19.3 Å². The summed E-state index contributed by atoms with van der Waals surface area (Å²) in [5.41, 5.74) is 1.15. The van der Waals surface area contributed by atoms with Crippen molar-refractivity contribution in [2.24, 2.45) is 0 Å². The first-order chi connectivity index (χ1) is 11.0. The van der Waals surface area contributed by atoms with Gasteiger partial charge in [-0.2, -0.15) is 0 Å². The Morgan fingerprint density at radius 2 is 1.87 bits per heavy atom. The zero-order valence-electron chi connectivity index (χ0n) is 13.1. The van der Waals surface area contributed by atoms with Crippen LogP contribution in [0, 0.1) is 0 Å². The zero-order valence-corrected chi connectivity index (χ0v) is 13.9. The Morgan fingerprint density at radius 1 is 1.09 bits per heavy atom. The third kappa shape index (κ3) is 4.43. The highest BCUT2D eigenvalue weighted by atomic mass is 32.2. The molecule has 1 atom stereocenters. The molecule has 1 amide bonds. The Hall–Kier alpha value is -1.63. The second-order valence-corrected chi connectivity index (χ2v) is 8.71. The minimum Gasteiger partial charge on any atom is -0.380 e. The monoisotopic (exact) mass is 337 g/mol. The van der Waals surface area contributed by atoms with Crippen molar-refractivity contribution in [1.82, 2.24) is 10.3 Å². The van der Waals surface area contributed by atoms with Gasteiger partial charge in [0.25, 0.3) is 5.91 Å². The average molecular weight is 337 g/mol. The molecule has 1 aliphatic carbocycles. The predicted octanol–water partition coefficient (Wildman–Crippen LogP) is 1.74. The van der Waals surface area contributed by atoms with Crippen LogP contribution in [0.4, 0.5) is 5.69 Å². The van der Waals surface area contributed by atoms with Crippen molar-refractivity contribution in [2.45, 2.75) is 50.6 Å². The molecule has 1 aliphatic heterocycles. The molecule has 0 bridgehead atoms. The molecule has 0 aromatic carbocycles. The smallest absolute Gasteiger partial charge is 0.270 e. The number of carbonyl (C=O) groups is 1. The zero-order chi connectivity index (χ0) is 16.3. The van der Waals surface area contributed by atoms with Gasteiger partial charge >= 0.3 is 0 Å². The highest BCUT2D eigenvalue weighted by Crippen LogP contribution is 2.19. The number of nitrogens with one attached hydrogen (secondary N) is 2. The summed E-state index contributed by atoms with van der Waals surface area (Å²) in [5.74, 6) is 0.267. The van der Waals surface area contributed by atoms with E-state index >= 15 is 0 Å². The highest BCUT2D eigenvalue weighted by Gasteiger charge is 2.27. The molecule has 1 saturated heterocycles. The van der Waals surface area contributed by atoms with E-state index < -0.39 is 9.84 Å². The lowest BCUT2D eigenvalue weighted by Crippen LogP contribution is -2.36. The lowest BCUT2D eigenvalue weighted by atomic mass is 9.95. The molecule has 1 aromatic rings. The Bertz CT molecular complexity index is 652. The standard InChI is InChI=1S/C16H23N3O3S/c20-16(19-12-4-2-1-3-5-12)15-7-6-13(10-17-15)18-14-8-9-23(21,22)11-14/h6-7,10,12,14,18H,1-5,8-9,11H2,(H,19,20). The minimum absolute atomic E-state index is 0.0660. The van der Waals surface area contributed by atoms with E-state index in [4.69, 9.17) is 0 Å². The van der Waals surface area contributed by atoms with Crippen molar-refractivity contribution in [1.29, 1.82) is 0 Å². The molecule has 2 fully saturated rings. The summed E-state index contributed by atoms with van der Waals surface area (Å²) in [7, 11) is -2.90. The molecule has 23 heavy (non-hydrogen) atoms. The van der Waals surface area contributed by atoms with Gasteiger partial charge in [0, 0.05) is 12.1 Å². The van der Waals surface area contributed by atoms with E-state index in [-0.39, 0.29) is 29.5 Å². The van der Waals surface area contributed by atoms with Gasteiger partial charge in [-0.05, 0) is 31.4 Å². The van der Waals surface area contributed by atoms with Crippen LogP contribution in [0.1, 0.15) is 49.0 Å². The van der Waals surface area contributed by atoms with E-state index in [1.54, 1.807) is 18.3 Å². The van der Waals surface area contributed by atoms with E-state index in [1.165, 1.54) is 19.3 Å². The summed E-state index contributed by atoms with van der Waals surface area (Å²) in [6.45, 7) is 0. The van der Waals surface area contributed by atoms with Crippen molar-refractivity contribution in [3.05, 3.63) is 24.0 Å². The summed E-state index contributed by atoms with van der Waals surface area (Å²) >= 11 is 0. The van der Waals surface area contributed by atoms with Crippen LogP contribution in [0.15, 0.2) is 18.3 Å². The molecule has 1 unspecified atom stereocenters. The molecule has 0 spiro atoms. The summed E-state index contributed by atoms with van der Waals surface area (Å²) in [6, 6.07) is 3.67. The molecule has 2 N–H and O–H groups in total. The van der Waals surface area contributed by atoms with E-state index in [0.29, 0.717) is 12.1 Å². The maximum absolute atomic E-state index is 12.2. The number of pyridine rings is 1. The van der Waals surface area contributed by atoms with E-state index in [0.717, 1.165) is 18.5 Å². The SMILES string of the molecule is O=C(NC1CCCCC1)c1ccc(NC2CCS(=O)(=O)C2)cn1. The lowest BCUT2D eigenvalue weighted by molar-refractivity contribution is 0.0922. The summed E-state index contributed by atoms with van der Waals surface area (Å²) in [6.07, 6.45) is 7.90. The molecule has 1 aromatic heterocycles.